The number of nitrogens with zero attached hydrogens (tertiary/aromatic N) is 1. The van der Waals surface area contributed by atoms with E-state index in [4.69, 9.17) is 23.8 Å². The van der Waals surface area contributed by atoms with Crippen molar-refractivity contribution in [1.82, 2.24) is 16.2 Å². The van der Waals surface area contributed by atoms with Gasteiger partial charge in [-0.2, -0.15) is 0 Å². The van der Waals surface area contributed by atoms with Gasteiger partial charge in [0.15, 0.2) is 5.11 Å². The lowest BCUT2D eigenvalue weighted by atomic mass is 10.2. The number of hydrazine groups is 1. The van der Waals surface area contributed by atoms with Gasteiger partial charge in [-0.05, 0) is 37.2 Å². The molecule has 0 radical (unpaired) electrons. The van der Waals surface area contributed by atoms with Gasteiger partial charge in [0.1, 0.15) is 5.02 Å². The van der Waals surface area contributed by atoms with Crippen LogP contribution in [0.15, 0.2) is 18.2 Å². The van der Waals surface area contributed by atoms with Crippen molar-refractivity contribution >= 4 is 46.4 Å². The van der Waals surface area contributed by atoms with Gasteiger partial charge in [0, 0.05) is 17.5 Å². The number of thiocarbonyl (C=S) groups is 1. The molecular formula is C12H11ClN4O4S. The second-order valence-corrected chi connectivity index (χ2v) is 5.41. The zero-order valence-corrected chi connectivity index (χ0v) is 12.7. The number of nitro benzene ring substituents is 1. The molecular weight excluding hydrogens is 332 g/mol. The number of amides is 2. The van der Waals surface area contributed by atoms with Crippen LogP contribution in [0, 0.1) is 16.0 Å². The van der Waals surface area contributed by atoms with E-state index in [1.54, 1.807) is 0 Å². The van der Waals surface area contributed by atoms with Crippen LogP contribution in [0.1, 0.15) is 23.2 Å². The molecule has 0 unspecified atom stereocenters. The molecule has 0 atom stereocenters. The zero-order valence-electron chi connectivity index (χ0n) is 11.1. The molecule has 1 saturated carbocycles. The van der Waals surface area contributed by atoms with Gasteiger partial charge in [0.05, 0.1) is 4.92 Å². The first kappa shape index (κ1) is 16.1. The summed E-state index contributed by atoms with van der Waals surface area (Å²) in [6.07, 6.45) is 1.66. The molecule has 10 heteroatoms. The number of halogens is 1. The third-order valence-electron chi connectivity index (χ3n) is 2.88. The number of nitrogens with one attached hydrogen (secondary N) is 3. The standard InChI is InChI=1S/C12H11ClN4O4S/c13-8-4-3-7(5-9(8)17(20)21)11(19)15-16-12(22)14-10(18)6-1-2-6/h3-6H,1-2H2,(H,15,19)(H2,14,16,18,22). The topological polar surface area (TPSA) is 113 Å². The van der Waals surface area contributed by atoms with Crippen LogP contribution in [0.2, 0.25) is 5.02 Å². The minimum Gasteiger partial charge on any atom is -0.302 e. The van der Waals surface area contributed by atoms with E-state index in [2.05, 4.69) is 16.2 Å². The molecule has 0 heterocycles. The predicted octanol–water partition coefficient (Wildman–Crippen LogP) is 1.29. The smallest absolute Gasteiger partial charge is 0.288 e. The molecule has 1 aromatic rings. The maximum atomic E-state index is 11.9. The fourth-order valence-electron chi connectivity index (χ4n) is 1.57. The first-order chi connectivity index (χ1) is 10.4. The molecule has 1 aliphatic rings. The van der Waals surface area contributed by atoms with Crippen LogP contribution in [0.4, 0.5) is 5.69 Å². The van der Waals surface area contributed by atoms with Crippen molar-refractivity contribution in [2.45, 2.75) is 12.8 Å². The molecule has 2 rings (SSSR count). The fraction of sp³-hybridized carbons (Fsp3) is 0.250. The SMILES string of the molecule is O=C(NNC(=S)NC(=O)C1CC1)c1ccc(Cl)c([N+](=O)[O-])c1. The van der Waals surface area contributed by atoms with Gasteiger partial charge in [0.2, 0.25) is 5.91 Å². The summed E-state index contributed by atoms with van der Waals surface area (Å²) >= 11 is 10.5. The number of carbonyl (C=O) groups excluding carboxylic acids is 2. The van der Waals surface area contributed by atoms with Crippen molar-refractivity contribution in [3.05, 3.63) is 38.9 Å². The van der Waals surface area contributed by atoms with Crippen molar-refractivity contribution in [3.63, 3.8) is 0 Å². The van der Waals surface area contributed by atoms with Gasteiger partial charge in [0.25, 0.3) is 11.6 Å². The van der Waals surface area contributed by atoms with E-state index in [1.165, 1.54) is 12.1 Å². The highest BCUT2D eigenvalue weighted by Gasteiger charge is 2.30. The van der Waals surface area contributed by atoms with Crippen LogP contribution in [-0.4, -0.2) is 21.9 Å². The van der Waals surface area contributed by atoms with Crippen LogP contribution in [0.3, 0.4) is 0 Å². The third-order valence-corrected chi connectivity index (χ3v) is 3.40. The summed E-state index contributed by atoms with van der Waals surface area (Å²) in [6.45, 7) is 0. The molecule has 0 aliphatic heterocycles. The molecule has 1 aromatic carbocycles. The van der Waals surface area contributed by atoms with Gasteiger partial charge in [-0.15, -0.1) is 0 Å². The summed E-state index contributed by atoms with van der Waals surface area (Å²) in [5.41, 5.74) is 4.25. The van der Waals surface area contributed by atoms with E-state index < -0.39 is 10.8 Å². The van der Waals surface area contributed by atoms with Crippen LogP contribution < -0.4 is 16.2 Å². The molecule has 2 amide bonds. The third kappa shape index (κ3) is 4.12. The molecule has 1 aliphatic carbocycles. The quantitative estimate of drug-likeness (QED) is 0.433. The van der Waals surface area contributed by atoms with Gasteiger partial charge in [-0.3, -0.25) is 30.6 Å². The first-order valence-corrected chi connectivity index (χ1v) is 7.02. The maximum Gasteiger partial charge on any atom is 0.288 e. The highest BCUT2D eigenvalue weighted by molar-refractivity contribution is 7.80. The minimum atomic E-state index is -0.687. The molecule has 116 valence electrons. The van der Waals surface area contributed by atoms with Crippen molar-refractivity contribution in [1.29, 1.82) is 0 Å². The highest BCUT2D eigenvalue weighted by Crippen LogP contribution is 2.28. The van der Waals surface area contributed by atoms with Crippen LogP contribution in [0.5, 0.6) is 0 Å². The van der Waals surface area contributed by atoms with E-state index >= 15 is 0 Å². The molecule has 3 N–H and O–H groups in total. The number of nitro groups is 1. The molecule has 0 saturated heterocycles. The second-order valence-electron chi connectivity index (χ2n) is 4.60. The molecule has 0 bridgehead atoms. The normalized spacial score (nSPS) is 13.1. The number of benzene rings is 1. The van der Waals surface area contributed by atoms with E-state index in [-0.39, 0.29) is 33.2 Å². The fourth-order valence-corrected chi connectivity index (χ4v) is 1.91. The molecule has 0 spiro atoms. The van der Waals surface area contributed by atoms with Crippen LogP contribution >= 0.6 is 23.8 Å². The summed E-state index contributed by atoms with van der Waals surface area (Å²) in [5.74, 6) is -0.869. The summed E-state index contributed by atoms with van der Waals surface area (Å²) in [4.78, 5) is 33.4. The Morgan fingerprint density at radius 2 is 2.00 bits per heavy atom. The Kier molecular flexibility index (Phi) is 4.88. The number of carbonyl (C=O) groups is 2. The van der Waals surface area contributed by atoms with Gasteiger partial charge in [-0.1, -0.05) is 11.6 Å². The van der Waals surface area contributed by atoms with Crippen molar-refractivity contribution in [2.24, 2.45) is 5.92 Å². The largest absolute Gasteiger partial charge is 0.302 e. The summed E-state index contributed by atoms with van der Waals surface area (Å²) in [6, 6.07) is 3.63. The lowest BCUT2D eigenvalue weighted by Crippen LogP contribution is -2.48. The monoisotopic (exact) mass is 342 g/mol. The Morgan fingerprint density at radius 1 is 1.32 bits per heavy atom. The average molecular weight is 343 g/mol. The van der Waals surface area contributed by atoms with E-state index in [0.717, 1.165) is 18.9 Å². The average Bonchev–Trinajstić information content (AvgIpc) is 3.29. The number of rotatable bonds is 3. The second kappa shape index (κ2) is 6.67. The highest BCUT2D eigenvalue weighted by atomic mass is 35.5. The molecule has 8 nitrogen and oxygen atoms in total. The summed E-state index contributed by atoms with van der Waals surface area (Å²) in [5, 5.41) is 13.1. The van der Waals surface area contributed by atoms with Crippen LogP contribution in [-0.2, 0) is 4.79 Å². The number of hydrogen-bond donors (Lipinski definition) is 3. The van der Waals surface area contributed by atoms with E-state index in [1.807, 2.05) is 0 Å². The molecule has 0 aromatic heterocycles. The Hall–Kier alpha value is -2.26. The minimum absolute atomic E-state index is 0.0191. The van der Waals surface area contributed by atoms with Gasteiger partial charge >= 0.3 is 0 Å². The Labute approximate surface area is 135 Å². The van der Waals surface area contributed by atoms with E-state index in [9.17, 15) is 19.7 Å². The van der Waals surface area contributed by atoms with Gasteiger partial charge < -0.3 is 5.32 Å². The Bertz CT molecular complexity index is 663. The van der Waals surface area contributed by atoms with Crippen molar-refractivity contribution in [3.8, 4) is 0 Å². The van der Waals surface area contributed by atoms with E-state index in [0.29, 0.717) is 0 Å². The molecule has 22 heavy (non-hydrogen) atoms. The Morgan fingerprint density at radius 3 is 2.59 bits per heavy atom. The van der Waals surface area contributed by atoms with Crippen LogP contribution in [0.25, 0.3) is 0 Å². The van der Waals surface area contributed by atoms with Gasteiger partial charge in [-0.25, -0.2) is 0 Å². The number of hydrogen-bond acceptors (Lipinski definition) is 5. The Balaban J connectivity index is 1.91. The summed E-state index contributed by atoms with van der Waals surface area (Å²) in [7, 11) is 0. The lowest BCUT2D eigenvalue weighted by molar-refractivity contribution is -0.384. The first-order valence-electron chi connectivity index (χ1n) is 6.23. The predicted molar refractivity (Wildman–Crippen MR) is 82.2 cm³/mol. The zero-order chi connectivity index (χ0) is 16.3. The van der Waals surface area contributed by atoms with Crippen molar-refractivity contribution in [2.75, 3.05) is 0 Å². The lowest BCUT2D eigenvalue weighted by Gasteiger charge is -2.10. The molecule has 1 fully saturated rings. The maximum absolute atomic E-state index is 11.9. The van der Waals surface area contributed by atoms with Crippen molar-refractivity contribution < 1.29 is 14.5 Å². The summed E-state index contributed by atoms with van der Waals surface area (Å²) < 4.78 is 0.